The first-order valence-electron chi connectivity index (χ1n) is 8.31. The summed E-state index contributed by atoms with van der Waals surface area (Å²) in [5.74, 6) is -2.49. The number of aromatic hydroxyl groups is 1. The summed E-state index contributed by atoms with van der Waals surface area (Å²) in [7, 11) is 0. The number of carbonyl (C=O) groups excluding carboxylic acids is 3. The fourth-order valence-corrected chi connectivity index (χ4v) is 2.36. The normalized spacial score (nSPS) is 10.0. The van der Waals surface area contributed by atoms with Gasteiger partial charge < -0.3 is 20.5 Å². The molecular weight excluding hydrogens is 360 g/mol. The monoisotopic (exact) mass is 376 g/mol. The van der Waals surface area contributed by atoms with E-state index in [0.717, 1.165) is 0 Å². The van der Waals surface area contributed by atoms with Gasteiger partial charge in [-0.2, -0.15) is 0 Å². The lowest BCUT2D eigenvalue weighted by atomic mass is 10.1. The number of phenolic OH excluding ortho intramolecular Hbond substituents is 1. The van der Waals surface area contributed by atoms with Crippen LogP contribution < -0.4 is 15.4 Å². The molecule has 3 N–H and O–H groups in total. The maximum atomic E-state index is 12.4. The first kappa shape index (κ1) is 18.7. The topological polar surface area (TPSA) is 105 Å². The van der Waals surface area contributed by atoms with E-state index in [2.05, 4.69) is 10.6 Å². The van der Waals surface area contributed by atoms with E-state index >= 15 is 0 Å². The molecule has 0 atom stereocenters. The van der Waals surface area contributed by atoms with E-state index in [-0.39, 0.29) is 22.7 Å². The second-order valence-corrected chi connectivity index (χ2v) is 5.67. The van der Waals surface area contributed by atoms with Gasteiger partial charge in [0.25, 0.3) is 0 Å². The van der Waals surface area contributed by atoms with Crippen LogP contribution in [0.2, 0.25) is 0 Å². The highest BCUT2D eigenvalue weighted by atomic mass is 16.5. The molecule has 0 saturated heterocycles. The van der Waals surface area contributed by atoms with Crippen molar-refractivity contribution < 1.29 is 24.2 Å². The summed E-state index contributed by atoms with van der Waals surface area (Å²) < 4.78 is 5.27. The van der Waals surface area contributed by atoms with Crippen molar-refractivity contribution in [1.29, 1.82) is 0 Å². The van der Waals surface area contributed by atoms with E-state index in [0.29, 0.717) is 5.75 Å². The molecule has 0 aromatic heterocycles. The van der Waals surface area contributed by atoms with E-state index in [1.807, 2.05) is 0 Å². The van der Waals surface area contributed by atoms with Crippen LogP contribution >= 0.6 is 0 Å². The molecule has 0 aliphatic heterocycles. The van der Waals surface area contributed by atoms with Crippen LogP contribution in [-0.2, 0) is 9.59 Å². The van der Waals surface area contributed by atoms with Crippen molar-refractivity contribution in [3.05, 3.63) is 84.4 Å². The molecule has 7 nitrogen and oxygen atoms in total. The van der Waals surface area contributed by atoms with Crippen molar-refractivity contribution >= 4 is 29.2 Å². The van der Waals surface area contributed by atoms with Gasteiger partial charge in [-0.05, 0) is 36.4 Å². The Balaban J connectivity index is 1.72. The number of anilines is 2. The minimum atomic E-state index is -0.997. The summed E-state index contributed by atoms with van der Waals surface area (Å²) in [4.78, 5) is 36.7. The number of phenols is 1. The van der Waals surface area contributed by atoms with Gasteiger partial charge >= 0.3 is 17.8 Å². The molecule has 3 aromatic carbocycles. The van der Waals surface area contributed by atoms with Crippen LogP contribution in [-0.4, -0.2) is 22.9 Å². The zero-order valence-corrected chi connectivity index (χ0v) is 14.6. The number of hydrogen-bond donors (Lipinski definition) is 3. The largest absolute Gasteiger partial charge is 0.506 e. The third-order valence-corrected chi connectivity index (χ3v) is 3.71. The van der Waals surface area contributed by atoms with Crippen molar-refractivity contribution in [1.82, 2.24) is 0 Å². The zero-order chi connectivity index (χ0) is 19.9. The number of amides is 2. The SMILES string of the molecule is O=C(Nc1ccccc1O)C(=O)Nc1ccccc1C(=O)Oc1ccccc1. The molecule has 3 aromatic rings. The van der Waals surface area contributed by atoms with Crippen molar-refractivity contribution in [3.63, 3.8) is 0 Å². The minimum Gasteiger partial charge on any atom is -0.506 e. The number of ether oxygens (including phenoxy) is 1. The van der Waals surface area contributed by atoms with Crippen LogP contribution in [0.25, 0.3) is 0 Å². The summed E-state index contributed by atoms with van der Waals surface area (Å²) in [6, 6.07) is 20.7. The molecule has 0 radical (unpaired) electrons. The fraction of sp³-hybridized carbons (Fsp3) is 0. The lowest BCUT2D eigenvalue weighted by molar-refractivity contribution is -0.133. The van der Waals surface area contributed by atoms with Crippen LogP contribution in [0.3, 0.4) is 0 Å². The van der Waals surface area contributed by atoms with Crippen molar-refractivity contribution in [2.75, 3.05) is 10.6 Å². The van der Waals surface area contributed by atoms with Crippen LogP contribution in [0.15, 0.2) is 78.9 Å². The molecule has 28 heavy (non-hydrogen) atoms. The average Bonchev–Trinajstić information content (AvgIpc) is 2.70. The van der Waals surface area contributed by atoms with Crippen LogP contribution in [0.4, 0.5) is 11.4 Å². The van der Waals surface area contributed by atoms with Gasteiger partial charge in [0, 0.05) is 0 Å². The van der Waals surface area contributed by atoms with Crippen molar-refractivity contribution in [2.24, 2.45) is 0 Å². The molecule has 140 valence electrons. The van der Waals surface area contributed by atoms with E-state index in [1.54, 1.807) is 54.6 Å². The van der Waals surface area contributed by atoms with E-state index < -0.39 is 17.8 Å². The number of rotatable bonds is 4. The Morgan fingerprint density at radius 2 is 1.21 bits per heavy atom. The Bertz CT molecular complexity index is 1020. The van der Waals surface area contributed by atoms with Crippen LogP contribution in [0.1, 0.15) is 10.4 Å². The first-order valence-corrected chi connectivity index (χ1v) is 8.31. The highest BCUT2D eigenvalue weighted by Gasteiger charge is 2.19. The van der Waals surface area contributed by atoms with E-state index in [9.17, 15) is 19.5 Å². The standard InChI is InChI=1S/C21H16N2O5/c24-18-13-7-6-12-17(18)23-20(26)19(25)22-16-11-5-4-10-15(16)21(27)28-14-8-2-1-3-9-14/h1-13,24H,(H,22,25)(H,23,26). The number of esters is 1. The Morgan fingerprint density at radius 1 is 0.679 bits per heavy atom. The molecule has 0 saturated carbocycles. The highest BCUT2D eigenvalue weighted by Crippen LogP contribution is 2.22. The summed E-state index contributed by atoms with van der Waals surface area (Å²) in [5.41, 5.74) is 0.315. The lowest BCUT2D eigenvalue weighted by Crippen LogP contribution is -2.30. The molecule has 0 bridgehead atoms. The zero-order valence-electron chi connectivity index (χ0n) is 14.6. The second-order valence-electron chi connectivity index (χ2n) is 5.67. The van der Waals surface area contributed by atoms with Gasteiger partial charge in [0.15, 0.2) is 0 Å². The Morgan fingerprint density at radius 3 is 1.89 bits per heavy atom. The Labute approximate surface area is 160 Å². The first-order chi connectivity index (χ1) is 13.5. The predicted molar refractivity (Wildman–Crippen MR) is 103 cm³/mol. The lowest BCUT2D eigenvalue weighted by Gasteiger charge is -2.11. The maximum absolute atomic E-state index is 12.4. The summed E-state index contributed by atoms with van der Waals surface area (Å²) in [6.07, 6.45) is 0. The average molecular weight is 376 g/mol. The van der Waals surface area contributed by atoms with E-state index in [1.165, 1.54) is 24.3 Å². The molecule has 0 spiro atoms. The summed E-state index contributed by atoms with van der Waals surface area (Å²) in [6.45, 7) is 0. The fourth-order valence-electron chi connectivity index (χ4n) is 2.36. The predicted octanol–water partition coefficient (Wildman–Crippen LogP) is 3.19. The smallest absolute Gasteiger partial charge is 0.345 e. The highest BCUT2D eigenvalue weighted by molar-refractivity contribution is 6.44. The number of benzene rings is 3. The molecule has 0 aliphatic carbocycles. The third-order valence-electron chi connectivity index (χ3n) is 3.71. The maximum Gasteiger partial charge on any atom is 0.345 e. The van der Waals surface area contributed by atoms with Gasteiger partial charge in [0.1, 0.15) is 11.5 Å². The molecule has 2 amide bonds. The van der Waals surface area contributed by atoms with E-state index in [4.69, 9.17) is 4.74 Å². The summed E-state index contributed by atoms with van der Waals surface area (Å²) >= 11 is 0. The number of hydrogen-bond acceptors (Lipinski definition) is 5. The molecule has 0 fully saturated rings. The second kappa shape index (κ2) is 8.50. The molecule has 0 unspecified atom stereocenters. The molecular formula is C21H16N2O5. The molecule has 0 aliphatic rings. The Kier molecular flexibility index (Phi) is 5.66. The minimum absolute atomic E-state index is 0.0926. The molecule has 7 heteroatoms. The number of para-hydroxylation sites is 4. The van der Waals surface area contributed by atoms with Crippen molar-refractivity contribution in [3.8, 4) is 11.5 Å². The van der Waals surface area contributed by atoms with Gasteiger partial charge in [0.2, 0.25) is 0 Å². The molecule has 3 rings (SSSR count). The van der Waals surface area contributed by atoms with Crippen LogP contribution in [0.5, 0.6) is 11.5 Å². The van der Waals surface area contributed by atoms with Gasteiger partial charge in [-0.25, -0.2) is 4.79 Å². The van der Waals surface area contributed by atoms with Gasteiger partial charge in [-0.3, -0.25) is 9.59 Å². The number of nitrogens with one attached hydrogen (secondary N) is 2. The summed E-state index contributed by atoms with van der Waals surface area (Å²) in [5, 5.41) is 14.4. The van der Waals surface area contributed by atoms with Gasteiger partial charge in [-0.15, -0.1) is 0 Å². The quantitative estimate of drug-likeness (QED) is 0.281. The van der Waals surface area contributed by atoms with Gasteiger partial charge in [-0.1, -0.05) is 42.5 Å². The Hall–Kier alpha value is -4.13. The molecule has 0 heterocycles. The van der Waals surface area contributed by atoms with Gasteiger partial charge in [0.05, 0.1) is 16.9 Å². The third kappa shape index (κ3) is 4.53. The van der Waals surface area contributed by atoms with Crippen molar-refractivity contribution in [2.45, 2.75) is 0 Å². The van der Waals surface area contributed by atoms with Crippen LogP contribution in [0, 0.1) is 0 Å². The number of carbonyl (C=O) groups is 3.